The Morgan fingerprint density at radius 3 is 2.71 bits per heavy atom. The normalized spacial score (nSPS) is 10.9. The van der Waals surface area contributed by atoms with Crippen LogP contribution in [-0.2, 0) is 11.2 Å². The first-order valence-electron chi connectivity index (χ1n) is 5.67. The largest absolute Gasteiger partial charge is 0.314 e. The Labute approximate surface area is 110 Å². The Kier molecular flexibility index (Phi) is 5.78. The number of benzene rings is 1. The average molecular weight is 302 g/mol. The molecule has 1 aromatic rings. The van der Waals surface area contributed by atoms with Gasteiger partial charge in [-0.3, -0.25) is 4.79 Å². The molecule has 0 aromatic heterocycles. The maximum absolute atomic E-state index is 13.1. The van der Waals surface area contributed by atoms with Crippen LogP contribution in [0.5, 0.6) is 0 Å². The molecule has 1 aromatic carbocycles. The zero-order valence-electron chi connectivity index (χ0n) is 10.1. The summed E-state index contributed by atoms with van der Waals surface area (Å²) < 4.78 is 13.7. The lowest BCUT2D eigenvalue weighted by molar-refractivity contribution is -0.118. The van der Waals surface area contributed by atoms with Crippen molar-refractivity contribution in [2.24, 2.45) is 0 Å². The van der Waals surface area contributed by atoms with Gasteiger partial charge in [-0.1, -0.05) is 29.8 Å². The summed E-state index contributed by atoms with van der Waals surface area (Å²) in [6.45, 7) is 4.75. The minimum atomic E-state index is -0.317. The summed E-state index contributed by atoms with van der Waals surface area (Å²) in [6.07, 6.45) is 0.766. The summed E-state index contributed by atoms with van der Waals surface area (Å²) in [5.41, 5.74) is 0.714. The second-order valence-corrected chi connectivity index (χ2v) is 5.27. The van der Waals surface area contributed by atoms with Crippen molar-refractivity contribution < 1.29 is 9.18 Å². The van der Waals surface area contributed by atoms with Crippen molar-refractivity contribution >= 4 is 21.7 Å². The van der Waals surface area contributed by atoms with Crippen LogP contribution in [0.3, 0.4) is 0 Å². The molecule has 0 fully saturated rings. The third-order valence-corrected chi connectivity index (χ3v) is 2.74. The monoisotopic (exact) mass is 301 g/mol. The van der Waals surface area contributed by atoms with Crippen molar-refractivity contribution in [1.82, 2.24) is 5.32 Å². The standard InChI is InChI=1S/C13H17BrFNO/c1-9(2)16-4-3-13(17)7-10-5-11(14)8-12(15)6-10/h5-6,8-9,16H,3-4,7H2,1-2H3. The Morgan fingerprint density at radius 2 is 2.12 bits per heavy atom. The minimum Gasteiger partial charge on any atom is -0.314 e. The fraction of sp³-hybridized carbons (Fsp3) is 0.462. The molecular weight excluding hydrogens is 285 g/mol. The van der Waals surface area contributed by atoms with Crippen molar-refractivity contribution in [2.75, 3.05) is 6.54 Å². The van der Waals surface area contributed by atoms with Gasteiger partial charge in [-0.25, -0.2) is 4.39 Å². The summed E-state index contributed by atoms with van der Waals surface area (Å²) in [6, 6.07) is 4.94. The fourth-order valence-electron chi connectivity index (χ4n) is 1.53. The van der Waals surface area contributed by atoms with E-state index < -0.39 is 0 Å². The summed E-state index contributed by atoms with van der Waals surface area (Å²) >= 11 is 3.21. The van der Waals surface area contributed by atoms with Gasteiger partial charge in [0.1, 0.15) is 11.6 Å². The first-order valence-corrected chi connectivity index (χ1v) is 6.46. The van der Waals surface area contributed by atoms with Gasteiger partial charge in [-0.05, 0) is 23.8 Å². The van der Waals surface area contributed by atoms with E-state index in [0.29, 0.717) is 29.0 Å². The molecule has 0 aliphatic rings. The third-order valence-electron chi connectivity index (χ3n) is 2.28. The molecule has 17 heavy (non-hydrogen) atoms. The molecule has 1 N–H and O–H groups in total. The number of carbonyl (C=O) groups excluding carboxylic acids is 1. The van der Waals surface area contributed by atoms with Gasteiger partial charge in [-0.2, -0.15) is 0 Å². The molecule has 0 atom stereocenters. The smallest absolute Gasteiger partial charge is 0.138 e. The second kappa shape index (κ2) is 6.87. The first kappa shape index (κ1) is 14.3. The maximum Gasteiger partial charge on any atom is 0.138 e. The lowest BCUT2D eigenvalue weighted by Gasteiger charge is -2.07. The van der Waals surface area contributed by atoms with Crippen LogP contribution in [0.25, 0.3) is 0 Å². The predicted molar refractivity (Wildman–Crippen MR) is 70.6 cm³/mol. The van der Waals surface area contributed by atoms with Crippen molar-refractivity contribution in [3.63, 3.8) is 0 Å². The van der Waals surface area contributed by atoms with Crippen LogP contribution in [-0.4, -0.2) is 18.4 Å². The predicted octanol–water partition coefficient (Wildman–Crippen LogP) is 3.09. The molecule has 94 valence electrons. The highest BCUT2D eigenvalue weighted by Crippen LogP contribution is 2.15. The Bertz CT molecular complexity index is 373. The van der Waals surface area contributed by atoms with Gasteiger partial charge in [0.15, 0.2) is 0 Å². The van der Waals surface area contributed by atoms with Crippen LogP contribution in [0.15, 0.2) is 22.7 Å². The van der Waals surface area contributed by atoms with E-state index in [-0.39, 0.29) is 18.0 Å². The van der Waals surface area contributed by atoms with Crippen molar-refractivity contribution in [1.29, 1.82) is 0 Å². The van der Waals surface area contributed by atoms with Crippen LogP contribution in [0.2, 0.25) is 0 Å². The number of rotatable bonds is 6. The van der Waals surface area contributed by atoms with E-state index in [9.17, 15) is 9.18 Å². The topological polar surface area (TPSA) is 29.1 Å². The van der Waals surface area contributed by atoms with Gasteiger partial charge in [0.2, 0.25) is 0 Å². The zero-order valence-corrected chi connectivity index (χ0v) is 11.7. The molecule has 0 spiro atoms. The molecule has 0 saturated carbocycles. The molecular formula is C13H17BrFNO. The Morgan fingerprint density at radius 1 is 1.41 bits per heavy atom. The van der Waals surface area contributed by atoms with E-state index in [2.05, 4.69) is 21.2 Å². The highest BCUT2D eigenvalue weighted by atomic mass is 79.9. The van der Waals surface area contributed by atoms with Crippen LogP contribution < -0.4 is 5.32 Å². The molecule has 0 bridgehead atoms. The Hall–Kier alpha value is -0.740. The van der Waals surface area contributed by atoms with E-state index >= 15 is 0 Å². The number of carbonyl (C=O) groups is 1. The van der Waals surface area contributed by atoms with Crippen LogP contribution in [0.4, 0.5) is 4.39 Å². The van der Waals surface area contributed by atoms with Crippen molar-refractivity contribution in [3.05, 3.63) is 34.1 Å². The highest BCUT2D eigenvalue weighted by molar-refractivity contribution is 9.10. The van der Waals surface area contributed by atoms with E-state index in [0.717, 1.165) is 0 Å². The lowest BCUT2D eigenvalue weighted by atomic mass is 10.1. The Balaban J connectivity index is 2.45. The third kappa shape index (κ3) is 5.94. The first-order chi connectivity index (χ1) is 7.97. The number of hydrogen-bond donors (Lipinski definition) is 1. The van der Waals surface area contributed by atoms with E-state index in [1.165, 1.54) is 12.1 Å². The summed E-state index contributed by atoms with van der Waals surface area (Å²) in [7, 11) is 0. The van der Waals surface area contributed by atoms with Crippen LogP contribution >= 0.6 is 15.9 Å². The second-order valence-electron chi connectivity index (χ2n) is 4.35. The maximum atomic E-state index is 13.1. The van der Waals surface area contributed by atoms with Crippen LogP contribution in [0.1, 0.15) is 25.8 Å². The molecule has 0 saturated heterocycles. The molecule has 0 aliphatic carbocycles. The highest BCUT2D eigenvalue weighted by Gasteiger charge is 2.06. The van der Waals surface area contributed by atoms with Crippen molar-refractivity contribution in [2.45, 2.75) is 32.7 Å². The van der Waals surface area contributed by atoms with Gasteiger partial charge < -0.3 is 5.32 Å². The van der Waals surface area contributed by atoms with Gasteiger partial charge in [0.05, 0.1) is 0 Å². The quantitative estimate of drug-likeness (QED) is 0.875. The summed E-state index contributed by atoms with van der Waals surface area (Å²) in [5, 5.41) is 3.18. The van der Waals surface area contributed by atoms with Crippen LogP contribution in [0, 0.1) is 5.82 Å². The van der Waals surface area contributed by atoms with E-state index in [1.807, 2.05) is 13.8 Å². The number of halogens is 2. The van der Waals surface area contributed by atoms with Gasteiger partial charge in [0, 0.05) is 29.9 Å². The molecule has 4 heteroatoms. The number of hydrogen-bond acceptors (Lipinski definition) is 2. The minimum absolute atomic E-state index is 0.121. The molecule has 0 heterocycles. The summed E-state index contributed by atoms with van der Waals surface area (Å²) in [4.78, 5) is 11.6. The van der Waals surface area contributed by atoms with Gasteiger partial charge >= 0.3 is 0 Å². The number of nitrogens with one attached hydrogen (secondary N) is 1. The number of ketones is 1. The molecule has 2 nitrogen and oxygen atoms in total. The zero-order chi connectivity index (χ0) is 12.8. The van der Waals surface area contributed by atoms with Crippen molar-refractivity contribution in [3.8, 4) is 0 Å². The molecule has 0 amide bonds. The lowest BCUT2D eigenvalue weighted by Crippen LogP contribution is -2.25. The molecule has 1 rings (SSSR count). The van der Waals surface area contributed by atoms with E-state index in [1.54, 1.807) is 6.07 Å². The number of Topliss-reactive ketones (excluding diaryl/α,β-unsaturated/α-hetero) is 1. The SMILES string of the molecule is CC(C)NCCC(=O)Cc1cc(F)cc(Br)c1. The fourth-order valence-corrected chi connectivity index (χ4v) is 2.04. The molecule has 0 radical (unpaired) electrons. The van der Waals surface area contributed by atoms with Gasteiger partial charge in [-0.15, -0.1) is 0 Å². The summed E-state index contributed by atoms with van der Waals surface area (Å²) in [5.74, 6) is -0.196. The average Bonchev–Trinajstić information content (AvgIpc) is 2.14. The van der Waals surface area contributed by atoms with E-state index in [4.69, 9.17) is 0 Å². The van der Waals surface area contributed by atoms with Gasteiger partial charge in [0.25, 0.3) is 0 Å². The molecule has 0 unspecified atom stereocenters. The molecule has 0 aliphatic heterocycles.